The molecule has 3 rings (SSSR count). The van der Waals surface area contributed by atoms with Gasteiger partial charge >= 0.3 is 0 Å². The Labute approximate surface area is 125 Å². The molecule has 102 valence electrons. The maximum Gasteiger partial charge on any atom is 0.226 e. The summed E-state index contributed by atoms with van der Waals surface area (Å²) in [5, 5.41) is 9.10. The number of anilines is 1. The minimum absolute atomic E-state index is 0.183. The number of nitrogens with zero attached hydrogens (tertiary/aromatic N) is 4. The number of fused-ring (bicyclic) bond motifs is 1. The normalized spacial score (nSPS) is 10.9. The van der Waals surface area contributed by atoms with E-state index in [1.807, 2.05) is 31.3 Å². The van der Waals surface area contributed by atoms with Gasteiger partial charge in [-0.05, 0) is 23.2 Å². The van der Waals surface area contributed by atoms with Crippen LogP contribution in [0.2, 0.25) is 10.3 Å². The molecule has 0 unspecified atom stereocenters. The van der Waals surface area contributed by atoms with Gasteiger partial charge in [-0.2, -0.15) is 15.1 Å². The molecule has 5 nitrogen and oxygen atoms in total. The molecule has 0 saturated heterocycles. The highest BCUT2D eigenvalue weighted by molar-refractivity contribution is 6.31. The fourth-order valence-electron chi connectivity index (χ4n) is 1.95. The molecule has 0 fully saturated rings. The highest BCUT2D eigenvalue weighted by atomic mass is 35.5. The molecule has 0 aliphatic carbocycles. The first-order chi connectivity index (χ1) is 9.65. The zero-order chi connectivity index (χ0) is 14.1. The van der Waals surface area contributed by atoms with Crippen molar-refractivity contribution >= 4 is 40.1 Å². The topological polar surface area (TPSA) is 55.6 Å². The van der Waals surface area contributed by atoms with E-state index in [0.29, 0.717) is 23.0 Å². The number of aromatic nitrogens is 4. The lowest BCUT2D eigenvalue weighted by atomic mass is 10.2. The van der Waals surface area contributed by atoms with Crippen molar-refractivity contribution in [2.75, 3.05) is 5.32 Å². The van der Waals surface area contributed by atoms with Gasteiger partial charge in [0.25, 0.3) is 0 Å². The van der Waals surface area contributed by atoms with Crippen LogP contribution < -0.4 is 5.32 Å². The molecule has 1 aromatic carbocycles. The van der Waals surface area contributed by atoms with E-state index in [0.717, 1.165) is 10.9 Å². The standard InChI is InChI=1S/C13H11Cl2N5/c1-20-12-9(7-17-20)11(18-13(15)19-12)16-6-8-4-2-3-5-10(8)14/h2-5,7H,6H2,1H3,(H,16,18,19). The molecular formula is C13H11Cl2N5. The molecule has 0 aliphatic heterocycles. The number of hydrogen-bond donors (Lipinski definition) is 1. The number of rotatable bonds is 3. The molecule has 0 bridgehead atoms. The molecule has 0 atom stereocenters. The largest absolute Gasteiger partial charge is 0.365 e. The summed E-state index contributed by atoms with van der Waals surface area (Å²) in [6.45, 7) is 0.553. The predicted octanol–water partition coefficient (Wildman–Crippen LogP) is 3.28. The highest BCUT2D eigenvalue weighted by Crippen LogP contribution is 2.23. The fraction of sp³-hybridized carbons (Fsp3) is 0.154. The molecule has 0 aliphatic rings. The number of hydrogen-bond acceptors (Lipinski definition) is 4. The van der Waals surface area contributed by atoms with Gasteiger partial charge in [0.05, 0.1) is 11.6 Å². The maximum absolute atomic E-state index is 6.13. The van der Waals surface area contributed by atoms with Crippen molar-refractivity contribution in [3.8, 4) is 0 Å². The van der Waals surface area contributed by atoms with Gasteiger partial charge in [0.1, 0.15) is 5.82 Å². The molecule has 3 aromatic rings. The van der Waals surface area contributed by atoms with Crippen molar-refractivity contribution in [2.45, 2.75) is 6.54 Å². The molecule has 0 spiro atoms. The van der Waals surface area contributed by atoms with Crippen LogP contribution in [0.15, 0.2) is 30.5 Å². The van der Waals surface area contributed by atoms with E-state index in [9.17, 15) is 0 Å². The summed E-state index contributed by atoms with van der Waals surface area (Å²) < 4.78 is 1.66. The minimum atomic E-state index is 0.183. The highest BCUT2D eigenvalue weighted by Gasteiger charge is 2.10. The van der Waals surface area contributed by atoms with Crippen LogP contribution in [0, 0.1) is 0 Å². The lowest BCUT2D eigenvalue weighted by Crippen LogP contribution is -2.04. The summed E-state index contributed by atoms with van der Waals surface area (Å²) >= 11 is 12.1. The van der Waals surface area contributed by atoms with Crippen molar-refractivity contribution in [1.29, 1.82) is 0 Å². The summed E-state index contributed by atoms with van der Waals surface area (Å²) in [6.07, 6.45) is 1.71. The van der Waals surface area contributed by atoms with Gasteiger partial charge in [-0.1, -0.05) is 29.8 Å². The summed E-state index contributed by atoms with van der Waals surface area (Å²) in [4.78, 5) is 8.36. The van der Waals surface area contributed by atoms with Crippen LogP contribution >= 0.6 is 23.2 Å². The first kappa shape index (κ1) is 13.1. The van der Waals surface area contributed by atoms with E-state index >= 15 is 0 Å². The first-order valence-electron chi connectivity index (χ1n) is 5.97. The third-order valence-electron chi connectivity index (χ3n) is 2.97. The van der Waals surface area contributed by atoms with Crippen molar-refractivity contribution in [3.05, 3.63) is 46.3 Å². The first-order valence-corrected chi connectivity index (χ1v) is 6.73. The van der Waals surface area contributed by atoms with E-state index in [-0.39, 0.29) is 5.28 Å². The summed E-state index contributed by atoms with van der Waals surface area (Å²) in [5.74, 6) is 0.646. The molecule has 20 heavy (non-hydrogen) atoms. The Bertz CT molecular complexity index is 769. The number of nitrogens with one attached hydrogen (secondary N) is 1. The lowest BCUT2D eigenvalue weighted by Gasteiger charge is -2.08. The van der Waals surface area contributed by atoms with Crippen molar-refractivity contribution in [2.24, 2.45) is 7.05 Å². The van der Waals surface area contributed by atoms with Crippen LogP contribution in [0.3, 0.4) is 0 Å². The summed E-state index contributed by atoms with van der Waals surface area (Å²) in [6, 6.07) is 7.64. The Morgan fingerprint density at radius 2 is 2.00 bits per heavy atom. The molecule has 2 heterocycles. The minimum Gasteiger partial charge on any atom is -0.365 e. The predicted molar refractivity (Wildman–Crippen MR) is 80.1 cm³/mol. The Morgan fingerprint density at radius 1 is 1.20 bits per heavy atom. The van der Waals surface area contributed by atoms with Gasteiger partial charge < -0.3 is 5.32 Å². The second-order valence-electron chi connectivity index (χ2n) is 4.29. The second kappa shape index (κ2) is 5.26. The molecule has 2 aromatic heterocycles. The summed E-state index contributed by atoms with van der Waals surface area (Å²) in [7, 11) is 1.81. The van der Waals surface area contributed by atoms with Gasteiger partial charge in [0.2, 0.25) is 5.28 Å². The van der Waals surface area contributed by atoms with Gasteiger partial charge in [-0.15, -0.1) is 0 Å². The van der Waals surface area contributed by atoms with Gasteiger partial charge in [0, 0.05) is 18.6 Å². The summed E-state index contributed by atoms with van der Waals surface area (Å²) in [5.41, 5.74) is 1.67. The van der Waals surface area contributed by atoms with Crippen molar-refractivity contribution in [1.82, 2.24) is 19.7 Å². The Hall–Kier alpha value is -1.85. The molecule has 0 amide bonds. The Kier molecular flexibility index (Phi) is 3.46. The lowest BCUT2D eigenvalue weighted by molar-refractivity contribution is 0.785. The zero-order valence-electron chi connectivity index (χ0n) is 10.6. The van der Waals surface area contributed by atoms with E-state index in [1.165, 1.54) is 0 Å². The average molecular weight is 308 g/mol. The van der Waals surface area contributed by atoms with Crippen LogP contribution in [-0.2, 0) is 13.6 Å². The zero-order valence-corrected chi connectivity index (χ0v) is 12.2. The van der Waals surface area contributed by atoms with Crippen LogP contribution in [0.25, 0.3) is 11.0 Å². The molecule has 7 heteroatoms. The smallest absolute Gasteiger partial charge is 0.226 e. The van der Waals surface area contributed by atoms with Gasteiger partial charge in [0.15, 0.2) is 5.65 Å². The van der Waals surface area contributed by atoms with E-state index in [4.69, 9.17) is 23.2 Å². The monoisotopic (exact) mass is 307 g/mol. The van der Waals surface area contributed by atoms with Gasteiger partial charge in [-0.25, -0.2) is 0 Å². The van der Waals surface area contributed by atoms with Crippen LogP contribution in [0.1, 0.15) is 5.56 Å². The number of aryl methyl sites for hydroxylation is 1. The van der Waals surface area contributed by atoms with Crippen LogP contribution in [0.4, 0.5) is 5.82 Å². The van der Waals surface area contributed by atoms with Crippen molar-refractivity contribution in [3.63, 3.8) is 0 Å². The fourth-order valence-corrected chi connectivity index (χ4v) is 2.32. The molecular weight excluding hydrogens is 297 g/mol. The van der Waals surface area contributed by atoms with E-state index < -0.39 is 0 Å². The van der Waals surface area contributed by atoms with Crippen molar-refractivity contribution < 1.29 is 0 Å². The number of halogens is 2. The second-order valence-corrected chi connectivity index (χ2v) is 5.04. The molecule has 1 N–H and O–H groups in total. The number of benzene rings is 1. The van der Waals surface area contributed by atoms with E-state index in [1.54, 1.807) is 10.9 Å². The average Bonchev–Trinajstić information content (AvgIpc) is 2.79. The van der Waals surface area contributed by atoms with Gasteiger partial charge in [-0.3, -0.25) is 4.68 Å². The SMILES string of the molecule is Cn1ncc2c(NCc3ccccc3Cl)nc(Cl)nc21. The molecule has 0 saturated carbocycles. The van der Waals surface area contributed by atoms with Crippen LogP contribution in [0.5, 0.6) is 0 Å². The maximum atomic E-state index is 6.13. The van der Waals surface area contributed by atoms with Crippen LogP contribution in [-0.4, -0.2) is 19.7 Å². The Balaban J connectivity index is 1.93. The van der Waals surface area contributed by atoms with E-state index in [2.05, 4.69) is 20.4 Å². The third kappa shape index (κ3) is 2.42. The Morgan fingerprint density at radius 3 is 2.80 bits per heavy atom. The third-order valence-corrected chi connectivity index (χ3v) is 3.51. The molecule has 0 radical (unpaired) electrons. The quantitative estimate of drug-likeness (QED) is 0.754.